The molecule has 0 N–H and O–H groups in total. The van der Waals surface area contributed by atoms with Crippen LogP contribution in [0.1, 0.15) is 5.56 Å². The SMILES string of the molecule is O=[C]c1csc(F)c1. The van der Waals surface area contributed by atoms with Crippen LogP contribution >= 0.6 is 11.3 Å². The molecule has 0 fully saturated rings. The van der Waals surface area contributed by atoms with Gasteiger partial charge in [-0.05, 0) is 6.07 Å². The van der Waals surface area contributed by atoms with Crippen molar-refractivity contribution >= 4 is 17.6 Å². The third-order valence-corrected chi connectivity index (χ3v) is 1.40. The molecule has 0 saturated heterocycles. The molecule has 1 nitrogen and oxygen atoms in total. The first-order valence-electron chi connectivity index (χ1n) is 1.95. The Hall–Kier alpha value is -0.700. The molecule has 1 rings (SSSR count). The fourth-order valence-corrected chi connectivity index (χ4v) is 0.914. The average Bonchev–Trinajstić information content (AvgIpc) is 2.14. The summed E-state index contributed by atoms with van der Waals surface area (Å²) in [4.78, 5) is 9.73. The van der Waals surface area contributed by atoms with E-state index in [2.05, 4.69) is 0 Å². The van der Waals surface area contributed by atoms with Crippen molar-refractivity contribution in [1.82, 2.24) is 0 Å². The number of rotatable bonds is 1. The summed E-state index contributed by atoms with van der Waals surface area (Å²) < 4.78 is 12.0. The van der Waals surface area contributed by atoms with E-state index in [9.17, 15) is 9.18 Å². The summed E-state index contributed by atoms with van der Waals surface area (Å²) in [7, 11) is 0. The van der Waals surface area contributed by atoms with Crippen LogP contribution in [0, 0.1) is 5.13 Å². The van der Waals surface area contributed by atoms with Crippen molar-refractivity contribution in [2.45, 2.75) is 0 Å². The number of halogens is 1. The average molecular weight is 129 g/mol. The summed E-state index contributed by atoms with van der Waals surface area (Å²) in [6.07, 6.45) is 1.57. The van der Waals surface area contributed by atoms with Crippen LogP contribution in [-0.2, 0) is 4.79 Å². The van der Waals surface area contributed by atoms with Crippen LogP contribution in [0.3, 0.4) is 0 Å². The quantitative estimate of drug-likeness (QED) is 0.559. The molecule has 0 aliphatic carbocycles. The molecule has 1 aromatic rings. The van der Waals surface area contributed by atoms with Gasteiger partial charge in [0, 0.05) is 10.9 Å². The van der Waals surface area contributed by atoms with E-state index in [1.165, 1.54) is 5.38 Å². The van der Waals surface area contributed by atoms with Gasteiger partial charge in [-0.1, -0.05) is 0 Å². The van der Waals surface area contributed by atoms with Crippen molar-refractivity contribution in [2.75, 3.05) is 0 Å². The fraction of sp³-hybridized carbons (Fsp3) is 0. The summed E-state index contributed by atoms with van der Waals surface area (Å²) in [5.74, 6) is 0. The summed E-state index contributed by atoms with van der Waals surface area (Å²) in [5, 5.41) is 1.07. The molecule has 0 atom stereocenters. The molecule has 0 aliphatic rings. The summed E-state index contributed by atoms with van der Waals surface area (Å²) in [5.41, 5.74) is 0.285. The molecule has 0 bridgehead atoms. The zero-order valence-corrected chi connectivity index (χ0v) is 4.67. The van der Waals surface area contributed by atoms with E-state index in [1.54, 1.807) is 6.29 Å². The van der Waals surface area contributed by atoms with Gasteiger partial charge >= 0.3 is 0 Å². The second kappa shape index (κ2) is 2.05. The van der Waals surface area contributed by atoms with Crippen LogP contribution in [0.25, 0.3) is 0 Å². The molecule has 0 unspecified atom stereocenters. The zero-order valence-electron chi connectivity index (χ0n) is 3.85. The standard InChI is InChI=1S/C5H2FOS/c6-5-1-4(2-7)3-8-5/h1,3H. The number of thiophene rings is 1. The predicted octanol–water partition coefficient (Wildman–Crippen LogP) is 1.34. The van der Waals surface area contributed by atoms with E-state index in [4.69, 9.17) is 0 Å². The molecule has 0 aliphatic heterocycles. The Morgan fingerprint density at radius 1 is 1.75 bits per heavy atom. The fourth-order valence-electron chi connectivity index (χ4n) is 0.364. The Morgan fingerprint density at radius 2 is 2.50 bits per heavy atom. The van der Waals surface area contributed by atoms with Gasteiger partial charge in [0.1, 0.15) is 0 Å². The maximum absolute atomic E-state index is 12.0. The first-order chi connectivity index (χ1) is 3.83. The Kier molecular flexibility index (Phi) is 1.39. The summed E-state index contributed by atoms with van der Waals surface area (Å²) in [6.45, 7) is 0. The van der Waals surface area contributed by atoms with Crippen LogP contribution in [0.5, 0.6) is 0 Å². The van der Waals surface area contributed by atoms with E-state index in [1.807, 2.05) is 0 Å². The smallest absolute Gasteiger partial charge is 0.234 e. The van der Waals surface area contributed by atoms with Crippen LogP contribution in [0.15, 0.2) is 11.4 Å². The van der Waals surface area contributed by atoms with Crippen LogP contribution in [0.4, 0.5) is 4.39 Å². The predicted molar refractivity (Wildman–Crippen MR) is 29.1 cm³/mol. The lowest BCUT2D eigenvalue weighted by Gasteiger charge is -1.65. The second-order valence-electron chi connectivity index (χ2n) is 1.24. The molecule has 0 saturated carbocycles. The first kappa shape index (κ1) is 5.44. The Bertz CT molecular complexity index is 194. The van der Waals surface area contributed by atoms with Crippen LogP contribution in [-0.4, -0.2) is 6.29 Å². The van der Waals surface area contributed by atoms with Gasteiger partial charge in [0.25, 0.3) is 0 Å². The molecule has 41 valence electrons. The normalized spacial score (nSPS) is 9.12. The highest BCUT2D eigenvalue weighted by Gasteiger charge is 1.94. The van der Waals surface area contributed by atoms with Gasteiger partial charge in [-0.2, -0.15) is 4.39 Å². The molecule has 1 heterocycles. The van der Waals surface area contributed by atoms with Gasteiger partial charge in [0.15, 0.2) is 5.13 Å². The minimum atomic E-state index is -0.344. The van der Waals surface area contributed by atoms with Gasteiger partial charge in [-0.15, -0.1) is 11.3 Å². The number of carbonyl (C=O) groups excluding carboxylic acids is 1. The Balaban J connectivity index is 3.00. The van der Waals surface area contributed by atoms with Gasteiger partial charge in [0.2, 0.25) is 6.29 Å². The van der Waals surface area contributed by atoms with Gasteiger partial charge in [0.05, 0.1) is 0 Å². The van der Waals surface area contributed by atoms with Gasteiger partial charge in [-0.25, -0.2) is 0 Å². The minimum absolute atomic E-state index is 0.285. The van der Waals surface area contributed by atoms with E-state index in [0.717, 1.165) is 17.4 Å². The third-order valence-electron chi connectivity index (χ3n) is 0.685. The molecular weight excluding hydrogens is 127 g/mol. The van der Waals surface area contributed by atoms with E-state index >= 15 is 0 Å². The monoisotopic (exact) mass is 129 g/mol. The number of hydrogen-bond donors (Lipinski definition) is 0. The molecular formula is C5H2FOS. The molecule has 0 amide bonds. The molecule has 3 heteroatoms. The Labute approximate surface area is 49.8 Å². The van der Waals surface area contributed by atoms with E-state index in [0.29, 0.717) is 0 Å². The highest BCUT2D eigenvalue weighted by atomic mass is 32.1. The Morgan fingerprint density at radius 3 is 2.75 bits per heavy atom. The van der Waals surface area contributed by atoms with Crippen LogP contribution in [0.2, 0.25) is 0 Å². The minimum Gasteiger partial charge on any atom is -0.285 e. The largest absolute Gasteiger partial charge is 0.285 e. The summed E-state index contributed by atoms with van der Waals surface area (Å²) in [6, 6.07) is 1.15. The van der Waals surface area contributed by atoms with Gasteiger partial charge < -0.3 is 0 Å². The lowest BCUT2D eigenvalue weighted by Crippen LogP contribution is -1.68. The molecule has 0 spiro atoms. The van der Waals surface area contributed by atoms with Crippen molar-refractivity contribution in [3.63, 3.8) is 0 Å². The highest BCUT2D eigenvalue weighted by Crippen LogP contribution is 2.09. The summed E-state index contributed by atoms with van der Waals surface area (Å²) >= 11 is 0.900. The maximum atomic E-state index is 12.0. The topological polar surface area (TPSA) is 17.1 Å². The van der Waals surface area contributed by atoms with Crippen molar-refractivity contribution < 1.29 is 9.18 Å². The number of hydrogen-bond acceptors (Lipinski definition) is 2. The van der Waals surface area contributed by atoms with Gasteiger partial charge in [-0.3, -0.25) is 4.79 Å². The zero-order chi connectivity index (χ0) is 5.98. The maximum Gasteiger partial charge on any atom is 0.234 e. The van der Waals surface area contributed by atoms with E-state index in [-0.39, 0.29) is 10.7 Å². The molecule has 1 aromatic heterocycles. The highest BCUT2D eigenvalue weighted by molar-refractivity contribution is 7.08. The van der Waals surface area contributed by atoms with Crippen molar-refractivity contribution in [3.8, 4) is 0 Å². The van der Waals surface area contributed by atoms with Crippen molar-refractivity contribution in [3.05, 3.63) is 22.1 Å². The third kappa shape index (κ3) is 0.924. The molecule has 0 aromatic carbocycles. The lowest BCUT2D eigenvalue weighted by molar-refractivity contribution is 0.562. The van der Waals surface area contributed by atoms with E-state index < -0.39 is 0 Å². The second-order valence-corrected chi connectivity index (χ2v) is 2.10. The first-order valence-corrected chi connectivity index (χ1v) is 2.83. The van der Waals surface area contributed by atoms with Crippen molar-refractivity contribution in [2.24, 2.45) is 0 Å². The van der Waals surface area contributed by atoms with Crippen LogP contribution < -0.4 is 0 Å². The molecule has 8 heavy (non-hydrogen) atoms. The van der Waals surface area contributed by atoms with Crippen molar-refractivity contribution in [1.29, 1.82) is 0 Å². The molecule has 1 radical (unpaired) electrons. The lowest BCUT2D eigenvalue weighted by atomic mass is 10.4.